The Kier molecular flexibility index (Phi) is 8.19. The SMILES string of the molecule is CCOC(=O)C1CCCN(C(=O)c2nn(-c3ccc(C(C)C)cc3)c(=O)n(Cc3ccccc3F)c2=O)C1. The van der Waals surface area contributed by atoms with Gasteiger partial charge in [-0.05, 0) is 49.4 Å². The maximum absolute atomic E-state index is 14.5. The average molecular weight is 523 g/mol. The molecule has 1 fully saturated rings. The molecule has 1 aliphatic heterocycles. The first-order valence-electron chi connectivity index (χ1n) is 12.7. The largest absolute Gasteiger partial charge is 0.466 e. The molecule has 1 aromatic heterocycles. The lowest BCUT2D eigenvalue weighted by Gasteiger charge is -2.31. The van der Waals surface area contributed by atoms with E-state index in [0.29, 0.717) is 25.1 Å². The van der Waals surface area contributed by atoms with Gasteiger partial charge in [-0.1, -0.05) is 44.2 Å². The van der Waals surface area contributed by atoms with E-state index in [1.54, 1.807) is 25.1 Å². The van der Waals surface area contributed by atoms with Crippen molar-refractivity contribution in [3.8, 4) is 5.69 Å². The van der Waals surface area contributed by atoms with Crippen LogP contribution in [0.2, 0.25) is 0 Å². The van der Waals surface area contributed by atoms with Crippen molar-refractivity contribution >= 4 is 11.9 Å². The van der Waals surface area contributed by atoms with Crippen molar-refractivity contribution in [3.63, 3.8) is 0 Å². The summed E-state index contributed by atoms with van der Waals surface area (Å²) < 4.78 is 21.4. The van der Waals surface area contributed by atoms with E-state index >= 15 is 0 Å². The fourth-order valence-electron chi connectivity index (χ4n) is 4.52. The molecule has 1 saturated heterocycles. The number of halogens is 1. The second-order valence-electron chi connectivity index (χ2n) is 9.61. The number of esters is 1. The minimum atomic E-state index is -0.920. The van der Waals surface area contributed by atoms with Crippen LogP contribution in [0.25, 0.3) is 5.69 Å². The van der Waals surface area contributed by atoms with Crippen molar-refractivity contribution in [2.45, 2.75) is 46.1 Å². The van der Waals surface area contributed by atoms with Crippen LogP contribution >= 0.6 is 0 Å². The first-order valence-corrected chi connectivity index (χ1v) is 12.7. The molecule has 0 saturated carbocycles. The molecular formula is C28H31FN4O5. The Hall–Kier alpha value is -4.08. The number of hydrogen-bond donors (Lipinski definition) is 0. The third kappa shape index (κ3) is 5.58. The number of benzene rings is 2. The molecule has 9 nitrogen and oxygen atoms in total. The number of rotatable bonds is 7. The molecule has 1 aliphatic rings. The minimum absolute atomic E-state index is 0.0777. The quantitative estimate of drug-likeness (QED) is 0.442. The summed E-state index contributed by atoms with van der Waals surface area (Å²) in [6.07, 6.45) is 1.12. The lowest BCUT2D eigenvalue weighted by atomic mass is 9.98. The summed E-state index contributed by atoms with van der Waals surface area (Å²) in [7, 11) is 0. The third-order valence-electron chi connectivity index (χ3n) is 6.68. The number of carbonyl (C=O) groups excluding carboxylic acids is 2. The lowest BCUT2D eigenvalue weighted by molar-refractivity contribution is -0.149. The number of piperidine rings is 1. The van der Waals surface area contributed by atoms with Gasteiger partial charge in [-0.25, -0.2) is 9.18 Å². The summed E-state index contributed by atoms with van der Waals surface area (Å²) in [5, 5.41) is 4.19. The summed E-state index contributed by atoms with van der Waals surface area (Å²) in [5.74, 6) is -1.93. The first kappa shape index (κ1) is 27.0. The minimum Gasteiger partial charge on any atom is -0.466 e. The van der Waals surface area contributed by atoms with Gasteiger partial charge in [0.15, 0.2) is 0 Å². The van der Waals surface area contributed by atoms with Gasteiger partial charge in [0.2, 0.25) is 5.69 Å². The first-order chi connectivity index (χ1) is 18.2. The van der Waals surface area contributed by atoms with Crippen molar-refractivity contribution in [2.24, 2.45) is 5.92 Å². The molecule has 200 valence electrons. The summed E-state index contributed by atoms with van der Waals surface area (Å²) in [6, 6.07) is 12.9. The van der Waals surface area contributed by atoms with E-state index < -0.39 is 40.6 Å². The highest BCUT2D eigenvalue weighted by Gasteiger charge is 2.32. The highest BCUT2D eigenvalue weighted by atomic mass is 19.1. The van der Waals surface area contributed by atoms with Gasteiger partial charge in [-0.3, -0.25) is 19.0 Å². The normalized spacial score (nSPS) is 15.5. The predicted octanol–water partition coefficient (Wildman–Crippen LogP) is 3.12. The van der Waals surface area contributed by atoms with E-state index in [9.17, 15) is 23.6 Å². The summed E-state index contributed by atoms with van der Waals surface area (Å²) >= 11 is 0. The molecule has 0 aliphatic carbocycles. The Balaban J connectivity index is 1.80. The number of likely N-dealkylation sites (tertiary alicyclic amines) is 1. The Morgan fingerprint density at radius 1 is 1.11 bits per heavy atom. The molecule has 1 atom stereocenters. The Bertz CT molecular complexity index is 1440. The van der Waals surface area contributed by atoms with Crippen molar-refractivity contribution in [1.82, 2.24) is 19.2 Å². The molecule has 4 rings (SSSR count). The molecule has 2 heterocycles. The standard InChI is InChI=1S/C28H31FN4O5/c1-4-38-27(36)21-9-7-15-31(16-21)25(34)24-26(35)32(17-20-8-5-6-10-23(20)29)28(37)33(30-24)22-13-11-19(12-14-22)18(2)3/h5-6,8,10-14,18,21H,4,7,9,15-17H2,1-3H3. The van der Waals surface area contributed by atoms with Crippen LogP contribution in [0.5, 0.6) is 0 Å². The lowest BCUT2D eigenvalue weighted by Crippen LogP contribution is -2.49. The Morgan fingerprint density at radius 3 is 2.47 bits per heavy atom. The van der Waals surface area contributed by atoms with Crippen LogP contribution in [-0.4, -0.2) is 50.8 Å². The third-order valence-corrected chi connectivity index (χ3v) is 6.68. The van der Waals surface area contributed by atoms with E-state index in [1.165, 1.54) is 23.1 Å². The molecule has 1 amide bonds. The van der Waals surface area contributed by atoms with Crippen LogP contribution in [-0.2, 0) is 16.1 Å². The second kappa shape index (κ2) is 11.5. The van der Waals surface area contributed by atoms with E-state index in [2.05, 4.69) is 5.10 Å². The van der Waals surface area contributed by atoms with Crippen molar-refractivity contribution in [2.75, 3.05) is 19.7 Å². The van der Waals surface area contributed by atoms with E-state index in [1.807, 2.05) is 26.0 Å². The van der Waals surface area contributed by atoms with E-state index in [-0.39, 0.29) is 31.2 Å². The monoisotopic (exact) mass is 522 g/mol. The van der Waals surface area contributed by atoms with Gasteiger partial charge in [0.05, 0.1) is 24.8 Å². The molecule has 10 heteroatoms. The van der Waals surface area contributed by atoms with Crippen LogP contribution in [0.1, 0.15) is 61.1 Å². The van der Waals surface area contributed by atoms with Gasteiger partial charge in [0, 0.05) is 18.7 Å². The summed E-state index contributed by atoms with van der Waals surface area (Å²) in [4.78, 5) is 54.2. The van der Waals surface area contributed by atoms with Crippen molar-refractivity contribution in [3.05, 3.63) is 92.0 Å². The fourth-order valence-corrected chi connectivity index (χ4v) is 4.52. The smallest absolute Gasteiger partial charge is 0.352 e. The van der Waals surface area contributed by atoms with Gasteiger partial charge in [0.25, 0.3) is 11.5 Å². The van der Waals surface area contributed by atoms with Gasteiger partial charge in [-0.2, -0.15) is 9.78 Å². The second-order valence-corrected chi connectivity index (χ2v) is 9.61. The number of aromatic nitrogens is 3. The van der Waals surface area contributed by atoms with Crippen LogP contribution < -0.4 is 11.2 Å². The molecule has 3 aromatic rings. The number of nitrogens with zero attached hydrogens (tertiary/aromatic N) is 4. The van der Waals surface area contributed by atoms with Crippen LogP contribution in [0.15, 0.2) is 58.1 Å². The van der Waals surface area contributed by atoms with Gasteiger partial charge < -0.3 is 9.64 Å². The zero-order valence-corrected chi connectivity index (χ0v) is 21.7. The van der Waals surface area contributed by atoms with E-state index in [4.69, 9.17) is 4.74 Å². The Labute approximate surface area is 219 Å². The molecular weight excluding hydrogens is 491 g/mol. The maximum atomic E-state index is 14.5. The van der Waals surface area contributed by atoms with E-state index in [0.717, 1.165) is 14.8 Å². The zero-order valence-electron chi connectivity index (χ0n) is 21.7. The summed E-state index contributed by atoms with van der Waals surface area (Å²) in [6.45, 7) is 6.04. The van der Waals surface area contributed by atoms with Gasteiger partial charge in [-0.15, -0.1) is 0 Å². The highest BCUT2D eigenvalue weighted by Crippen LogP contribution is 2.20. The van der Waals surface area contributed by atoms with Crippen molar-refractivity contribution < 1.29 is 18.7 Å². The fraction of sp³-hybridized carbons (Fsp3) is 0.393. The average Bonchev–Trinajstić information content (AvgIpc) is 2.92. The molecule has 0 radical (unpaired) electrons. The van der Waals surface area contributed by atoms with Crippen molar-refractivity contribution in [1.29, 1.82) is 0 Å². The molecule has 38 heavy (non-hydrogen) atoms. The molecule has 2 aromatic carbocycles. The van der Waals surface area contributed by atoms with Crippen LogP contribution in [0.3, 0.4) is 0 Å². The van der Waals surface area contributed by atoms with Gasteiger partial charge >= 0.3 is 11.7 Å². The molecule has 0 N–H and O–H groups in total. The molecule has 0 spiro atoms. The predicted molar refractivity (Wildman–Crippen MR) is 139 cm³/mol. The number of amides is 1. The Morgan fingerprint density at radius 2 is 1.82 bits per heavy atom. The zero-order chi connectivity index (χ0) is 27.4. The molecule has 0 bridgehead atoms. The van der Waals surface area contributed by atoms with Crippen LogP contribution in [0, 0.1) is 11.7 Å². The van der Waals surface area contributed by atoms with Gasteiger partial charge in [0.1, 0.15) is 5.82 Å². The summed E-state index contributed by atoms with van der Waals surface area (Å²) in [5.41, 5.74) is -0.668. The number of carbonyl (C=O) groups is 2. The maximum Gasteiger partial charge on any atom is 0.352 e. The number of ether oxygens (including phenoxy) is 1. The van der Waals surface area contributed by atoms with Crippen LogP contribution in [0.4, 0.5) is 4.39 Å². The number of hydrogen-bond acceptors (Lipinski definition) is 6. The molecule has 1 unspecified atom stereocenters. The highest BCUT2D eigenvalue weighted by molar-refractivity contribution is 5.92. The topological polar surface area (TPSA) is 104 Å².